The van der Waals surface area contributed by atoms with Crippen LogP contribution < -0.4 is 49.7 Å². The number of hydrogen-bond donors (Lipinski definition) is 2. The summed E-state index contributed by atoms with van der Waals surface area (Å²) in [7, 11) is 3.19. The monoisotopic (exact) mass is 927 g/mol. The van der Waals surface area contributed by atoms with Gasteiger partial charge in [0.15, 0.2) is 34.7 Å². The molecule has 4 N–H and O–H groups in total. The van der Waals surface area contributed by atoms with Crippen molar-refractivity contribution < 1.29 is 37.2 Å². The Hall–Kier alpha value is -7.41. The highest BCUT2D eigenvalue weighted by atomic mass is 79.9. The summed E-state index contributed by atoms with van der Waals surface area (Å²) >= 11 is 3.57. The van der Waals surface area contributed by atoms with Crippen molar-refractivity contribution in [1.29, 1.82) is 5.26 Å². The third-order valence-corrected chi connectivity index (χ3v) is 10.4. The molecule has 2 aliphatic rings. The number of nitrogens with zero attached hydrogens (tertiary/aromatic N) is 11. The van der Waals surface area contributed by atoms with Crippen molar-refractivity contribution in [3.05, 3.63) is 95.2 Å². The molecular weight excluding hydrogens is 888 g/mol. The highest BCUT2D eigenvalue weighted by Gasteiger charge is 2.27. The van der Waals surface area contributed by atoms with Crippen LogP contribution in [-0.2, 0) is 0 Å². The smallest absolute Gasteiger partial charge is 0.318 e. The maximum atomic E-state index is 13.2. The molecule has 6 heterocycles. The molecular formula is C41H40BrF2N13O6. The van der Waals surface area contributed by atoms with Crippen LogP contribution in [-0.4, -0.2) is 92.5 Å². The van der Waals surface area contributed by atoms with E-state index in [0.717, 1.165) is 24.0 Å². The van der Waals surface area contributed by atoms with Crippen LogP contribution in [0.15, 0.2) is 78.1 Å². The van der Waals surface area contributed by atoms with Crippen LogP contribution in [0.5, 0.6) is 46.8 Å². The summed E-state index contributed by atoms with van der Waals surface area (Å²) < 4.78 is 60.6. The molecule has 0 amide bonds. The molecule has 2 fully saturated rings. The summed E-state index contributed by atoms with van der Waals surface area (Å²) in [5, 5.41) is 9.74. The van der Waals surface area contributed by atoms with Crippen molar-refractivity contribution >= 4 is 39.2 Å². The second-order valence-corrected chi connectivity index (χ2v) is 14.5. The summed E-state index contributed by atoms with van der Waals surface area (Å²) in [6.07, 6.45) is 7.25. The Bertz CT molecular complexity index is 2530. The highest BCUT2D eigenvalue weighted by Crippen LogP contribution is 2.36. The maximum Gasteiger partial charge on any atom is 0.318 e. The first-order valence-electron chi connectivity index (χ1n) is 19.4. The topological polar surface area (TPSA) is 241 Å². The first-order valence-corrected chi connectivity index (χ1v) is 20.2. The maximum absolute atomic E-state index is 13.2. The van der Waals surface area contributed by atoms with Gasteiger partial charge in [0, 0.05) is 51.9 Å². The molecule has 0 bridgehead atoms. The number of anilines is 4. The zero-order valence-corrected chi connectivity index (χ0v) is 35.5. The van der Waals surface area contributed by atoms with Gasteiger partial charge in [-0.25, -0.2) is 38.7 Å². The van der Waals surface area contributed by atoms with Crippen LogP contribution in [0.4, 0.5) is 32.1 Å². The summed E-state index contributed by atoms with van der Waals surface area (Å²) in [5.74, 6) is 2.60. The largest absolute Gasteiger partial charge is 0.497 e. The van der Waals surface area contributed by atoms with Gasteiger partial charge in [0.2, 0.25) is 11.8 Å². The Kier molecular flexibility index (Phi) is 14.2. The fourth-order valence-corrected chi connectivity index (χ4v) is 6.97. The van der Waals surface area contributed by atoms with Crippen LogP contribution in [0, 0.1) is 23.0 Å². The van der Waals surface area contributed by atoms with Crippen LogP contribution in [0.2, 0.25) is 0 Å². The average Bonchev–Trinajstić information content (AvgIpc) is 3.31. The Balaban J connectivity index is 0.000000189. The van der Waals surface area contributed by atoms with Gasteiger partial charge in [-0.15, -0.1) is 0 Å². The lowest BCUT2D eigenvalue weighted by Gasteiger charge is -2.32. The number of piperidine rings is 2. The van der Waals surface area contributed by atoms with Gasteiger partial charge in [-0.2, -0.15) is 15.2 Å². The lowest BCUT2D eigenvalue weighted by Crippen LogP contribution is -2.39. The minimum Gasteiger partial charge on any atom is -0.497 e. The minimum atomic E-state index is -0.687. The van der Waals surface area contributed by atoms with Crippen molar-refractivity contribution in [3.8, 4) is 52.8 Å². The van der Waals surface area contributed by atoms with Gasteiger partial charge in [-0.3, -0.25) is 0 Å². The van der Waals surface area contributed by atoms with E-state index in [-0.39, 0.29) is 47.3 Å². The van der Waals surface area contributed by atoms with Gasteiger partial charge in [-0.05, 0) is 64.5 Å². The van der Waals surface area contributed by atoms with Crippen molar-refractivity contribution in [2.75, 3.05) is 61.7 Å². The van der Waals surface area contributed by atoms with Gasteiger partial charge in [0.05, 0.1) is 26.6 Å². The number of rotatable bonds is 12. The number of benzene rings is 2. The third-order valence-electron chi connectivity index (χ3n) is 9.72. The summed E-state index contributed by atoms with van der Waals surface area (Å²) in [4.78, 5) is 36.4. The number of nitrogens with two attached hydrogens (primary N) is 2. The second-order valence-electron chi connectivity index (χ2n) is 13.7. The fourth-order valence-electron chi connectivity index (χ4n) is 6.43. The quantitative estimate of drug-likeness (QED) is 0.137. The zero-order valence-electron chi connectivity index (χ0n) is 33.9. The molecule has 2 aliphatic heterocycles. The van der Waals surface area contributed by atoms with Gasteiger partial charge < -0.3 is 49.7 Å². The number of aromatic nitrogens is 8. The van der Waals surface area contributed by atoms with Gasteiger partial charge in [-0.1, -0.05) is 0 Å². The predicted octanol–water partition coefficient (Wildman–Crippen LogP) is 6.31. The van der Waals surface area contributed by atoms with E-state index in [9.17, 15) is 14.0 Å². The third kappa shape index (κ3) is 11.1. The molecule has 326 valence electrons. The van der Waals surface area contributed by atoms with E-state index in [1.807, 2.05) is 17.0 Å². The lowest BCUT2D eigenvalue weighted by atomic mass is 10.1. The molecule has 0 aliphatic carbocycles. The van der Waals surface area contributed by atoms with Crippen LogP contribution in [0.25, 0.3) is 0 Å². The molecule has 0 radical (unpaired) electrons. The standard InChI is InChI=1S/C21H20FN7O3.C20H20BrFN6O3/c1-30-13-2-4-14(5-3-13)31-20-16(10-23)19(26-12-27-20)29-8-6-15(7-9-29)32-21-25-11-17(22)18(24)28-21;1-29-12-2-4-13(5-3-12)30-19-16(21)18(25-11-26-19)28-8-6-14(7-9-28)31-20-24-10-15(22)17(23)27-20/h2-5,11-12,15H,6-9H2,1H3,(H2,24,25,28);2-5,10-11,14H,6-9H2,1H3,(H2,23,24,27). The van der Waals surface area contributed by atoms with E-state index in [1.165, 1.54) is 12.7 Å². The van der Waals surface area contributed by atoms with E-state index in [2.05, 4.69) is 66.8 Å². The van der Waals surface area contributed by atoms with Crippen molar-refractivity contribution in [2.45, 2.75) is 37.9 Å². The number of halogens is 3. The van der Waals surface area contributed by atoms with Crippen molar-refractivity contribution in [2.24, 2.45) is 0 Å². The van der Waals surface area contributed by atoms with E-state index in [1.54, 1.807) is 50.6 Å². The Labute approximate surface area is 368 Å². The molecule has 8 rings (SSSR count). The fraction of sp³-hybridized carbons (Fsp3) is 0.293. The Morgan fingerprint density at radius 3 is 1.48 bits per heavy atom. The second kappa shape index (κ2) is 20.4. The molecule has 0 atom stereocenters. The van der Waals surface area contributed by atoms with Crippen LogP contribution >= 0.6 is 15.9 Å². The van der Waals surface area contributed by atoms with E-state index in [4.69, 9.17) is 39.9 Å². The SMILES string of the molecule is COc1ccc(Oc2ncnc(N3CCC(Oc4ncc(F)c(N)n4)CC3)c2Br)cc1.COc1ccc(Oc2ncnc(N3CCC(Oc4ncc(F)c(N)n4)CC3)c2C#N)cc1. The van der Waals surface area contributed by atoms with E-state index < -0.39 is 11.6 Å². The lowest BCUT2D eigenvalue weighted by molar-refractivity contribution is 0.156. The Morgan fingerprint density at radius 1 is 0.619 bits per heavy atom. The molecule has 0 spiro atoms. The molecule has 2 aromatic carbocycles. The number of hydrogen-bond acceptors (Lipinski definition) is 19. The van der Waals surface area contributed by atoms with Crippen molar-refractivity contribution in [1.82, 2.24) is 39.9 Å². The number of methoxy groups -OCH3 is 2. The first-order chi connectivity index (χ1) is 30.6. The van der Waals surface area contributed by atoms with E-state index in [0.29, 0.717) is 85.3 Å². The molecule has 63 heavy (non-hydrogen) atoms. The number of nitrogen functional groups attached to an aromatic ring is 2. The van der Waals surface area contributed by atoms with Gasteiger partial charge >= 0.3 is 12.0 Å². The highest BCUT2D eigenvalue weighted by molar-refractivity contribution is 9.10. The normalized spacial score (nSPS) is 14.2. The molecule has 0 saturated carbocycles. The number of nitriles is 1. The molecule has 19 nitrogen and oxygen atoms in total. The molecule has 6 aromatic rings. The molecule has 0 unspecified atom stereocenters. The molecule has 22 heteroatoms. The average molecular weight is 929 g/mol. The molecule has 4 aromatic heterocycles. The minimum absolute atomic E-state index is 0.0391. The van der Waals surface area contributed by atoms with Gasteiger partial charge in [0.25, 0.3) is 0 Å². The van der Waals surface area contributed by atoms with Crippen molar-refractivity contribution in [3.63, 3.8) is 0 Å². The van der Waals surface area contributed by atoms with Crippen LogP contribution in [0.1, 0.15) is 31.2 Å². The summed E-state index contributed by atoms with van der Waals surface area (Å²) in [6.45, 7) is 2.54. The zero-order chi connectivity index (χ0) is 44.3. The van der Waals surface area contributed by atoms with Gasteiger partial charge in [0.1, 0.15) is 64.2 Å². The molecule has 2 saturated heterocycles. The Morgan fingerprint density at radius 2 is 1.03 bits per heavy atom. The summed E-state index contributed by atoms with van der Waals surface area (Å²) in [6, 6.07) is 16.5. The van der Waals surface area contributed by atoms with Crippen LogP contribution in [0.3, 0.4) is 0 Å². The predicted molar refractivity (Wildman–Crippen MR) is 227 cm³/mol. The summed E-state index contributed by atoms with van der Waals surface area (Å²) in [5.41, 5.74) is 11.2. The number of ether oxygens (including phenoxy) is 6. The first kappa shape index (κ1) is 43.7. The van der Waals surface area contributed by atoms with E-state index >= 15 is 0 Å².